The summed E-state index contributed by atoms with van der Waals surface area (Å²) in [7, 11) is 1.67. The average Bonchev–Trinajstić information content (AvgIpc) is 2.33. The predicted molar refractivity (Wildman–Crippen MR) is 64.9 cm³/mol. The summed E-state index contributed by atoms with van der Waals surface area (Å²) in [5.41, 5.74) is 0. The number of hydrogen-bond acceptors (Lipinski definition) is 4. The lowest BCUT2D eigenvalue weighted by Gasteiger charge is -2.31. The summed E-state index contributed by atoms with van der Waals surface area (Å²) in [4.78, 5) is 4.31. The van der Waals surface area contributed by atoms with Crippen LogP contribution in [0.25, 0.3) is 0 Å². The van der Waals surface area contributed by atoms with E-state index in [1.54, 1.807) is 13.3 Å². The second-order valence-corrected chi connectivity index (χ2v) is 4.19. The van der Waals surface area contributed by atoms with E-state index in [2.05, 4.69) is 22.5 Å². The van der Waals surface area contributed by atoms with Crippen LogP contribution in [0.3, 0.4) is 0 Å². The van der Waals surface area contributed by atoms with E-state index in [1.165, 1.54) is 12.8 Å². The van der Waals surface area contributed by atoms with Crippen LogP contribution in [-0.2, 0) is 0 Å². The molecule has 2 N–H and O–H groups in total. The van der Waals surface area contributed by atoms with Crippen molar-refractivity contribution >= 4 is 5.82 Å². The summed E-state index contributed by atoms with van der Waals surface area (Å²) >= 11 is 0. The molecule has 1 saturated heterocycles. The first-order valence-corrected chi connectivity index (χ1v) is 5.80. The molecule has 2 rings (SSSR count). The Labute approximate surface area is 96.4 Å². The number of nitrogens with zero attached hydrogens (tertiary/aromatic N) is 1. The van der Waals surface area contributed by atoms with Gasteiger partial charge in [-0.3, -0.25) is 0 Å². The van der Waals surface area contributed by atoms with Crippen molar-refractivity contribution in [3.8, 4) is 5.75 Å². The van der Waals surface area contributed by atoms with E-state index >= 15 is 0 Å². The second kappa shape index (κ2) is 5.16. The molecule has 1 fully saturated rings. The topological polar surface area (TPSA) is 46.2 Å². The van der Waals surface area contributed by atoms with Gasteiger partial charge in [0.05, 0.1) is 7.11 Å². The minimum absolute atomic E-state index is 0.428. The summed E-state index contributed by atoms with van der Waals surface area (Å²) in [6, 6.07) is 4.71. The Balaban J connectivity index is 2.07. The van der Waals surface area contributed by atoms with E-state index < -0.39 is 0 Å². The van der Waals surface area contributed by atoms with Crippen LogP contribution in [0.5, 0.6) is 5.75 Å². The van der Waals surface area contributed by atoms with Crippen molar-refractivity contribution < 1.29 is 4.74 Å². The third-order valence-electron chi connectivity index (χ3n) is 3.07. The molecule has 0 bridgehead atoms. The van der Waals surface area contributed by atoms with Gasteiger partial charge < -0.3 is 15.4 Å². The number of piperidine rings is 1. The number of nitrogens with one attached hydrogen (secondary N) is 2. The summed E-state index contributed by atoms with van der Waals surface area (Å²) in [6.07, 6.45) is 4.16. The highest BCUT2D eigenvalue weighted by atomic mass is 16.5. The molecule has 1 aliphatic heterocycles. The maximum Gasteiger partial charge on any atom is 0.169 e. The Morgan fingerprint density at radius 1 is 1.56 bits per heavy atom. The van der Waals surface area contributed by atoms with Gasteiger partial charge in [0.2, 0.25) is 0 Å². The van der Waals surface area contributed by atoms with Gasteiger partial charge in [-0.1, -0.05) is 0 Å². The van der Waals surface area contributed by atoms with Crippen LogP contribution < -0.4 is 15.4 Å². The molecule has 0 aliphatic carbocycles. The van der Waals surface area contributed by atoms with E-state index in [0.29, 0.717) is 12.1 Å². The highest BCUT2D eigenvalue weighted by molar-refractivity contribution is 5.50. The van der Waals surface area contributed by atoms with E-state index in [0.717, 1.165) is 18.1 Å². The maximum atomic E-state index is 5.28. The van der Waals surface area contributed by atoms with Gasteiger partial charge >= 0.3 is 0 Å². The third kappa shape index (κ3) is 2.44. The van der Waals surface area contributed by atoms with Crippen molar-refractivity contribution in [3.63, 3.8) is 0 Å². The molecule has 1 aliphatic rings. The minimum Gasteiger partial charge on any atom is -0.493 e. The molecule has 2 heterocycles. The molecular formula is C12H19N3O. The third-order valence-corrected chi connectivity index (χ3v) is 3.07. The Morgan fingerprint density at radius 2 is 2.44 bits per heavy atom. The fourth-order valence-corrected chi connectivity index (χ4v) is 2.08. The molecule has 2 unspecified atom stereocenters. The summed E-state index contributed by atoms with van der Waals surface area (Å²) in [6.45, 7) is 3.31. The van der Waals surface area contributed by atoms with E-state index in [9.17, 15) is 0 Å². The van der Waals surface area contributed by atoms with Gasteiger partial charge in [-0.2, -0.15) is 0 Å². The van der Waals surface area contributed by atoms with Crippen LogP contribution in [0.2, 0.25) is 0 Å². The van der Waals surface area contributed by atoms with Gasteiger partial charge in [-0.05, 0) is 38.4 Å². The normalized spacial score (nSPS) is 25.1. The van der Waals surface area contributed by atoms with Crippen LogP contribution >= 0.6 is 0 Å². The molecule has 0 spiro atoms. The van der Waals surface area contributed by atoms with Crippen molar-refractivity contribution in [3.05, 3.63) is 18.3 Å². The Morgan fingerprint density at radius 3 is 3.19 bits per heavy atom. The molecule has 0 radical (unpaired) electrons. The highest BCUT2D eigenvalue weighted by Crippen LogP contribution is 2.23. The van der Waals surface area contributed by atoms with Crippen molar-refractivity contribution in [1.29, 1.82) is 0 Å². The molecule has 0 amide bonds. The van der Waals surface area contributed by atoms with Crippen molar-refractivity contribution in [2.75, 3.05) is 19.0 Å². The monoisotopic (exact) mass is 221 g/mol. The number of rotatable bonds is 3. The van der Waals surface area contributed by atoms with Gasteiger partial charge in [0.25, 0.3) is 0 Å². The standard InChI is InChI=1S/C12H19N3O/c1-9-10(5-3-7-13-9)15-12-11(16-2)6-4-8-14-12/h4,6,8-10,13H,3,5,7H2,1-2H3,(H,14,15). The van der Waals surface area contributed by atoms with Crippen molar-refractivity contribution in [1.82, 2.24) is 10.3 Å². The minimum atomic E-state index is 0.428. The number of hydrogen-bond donors (Lipinski definition) is 2. The molecule has 0 aromatic carbocycles. The van der Waals surface area contributed by atoms with E-state index in [1.807, 2.05) is 12.1 Å². The number of anilines is 1. The predicted octanol–water partition coefficient (Wildman–Crippen LogP) is 1.64. The maximum absolute atomic E-state index is 5.28. The Kier molecular flexibility index (Phi) is 3.62. The fourth-order valence-electron chi connectivity index (χ4n) is 2.08. The first kappa shape index (κ1) is 11.2. The van der Waals surface area contributed by atoms with Gasteiger partial charge in [0, 0.05) is 18.3 Å². The SMILES string of the molecule is COc1cccnc1NC1CCCNC1C. The second-order valence-electron chi connectivity index (χ2n) is 4.19. The first-order valence-electron chi connectivity index (χ1n) is 5.80. The van der Waals surface area contributed by atoms with Crippen LogP contribution in [0.15, 0.2) is 18.3 Å². The van der Waals surface area contributed by atoms with Crippen LogP contribution in [0.4, 0.5) is 5.82 Å². The molecule has 4 heteroatoms. The molecule has 1 aromatic rings. The zero-order chi connectivity index (χ0) is 11.4. The molecule has 0 saturated carbocycles. The highest BCUT2D eigenvalue weighted by Gasteiger charge is 2.21. The van der Waals surface area contributed by atoms with E-state index in [4.69, 9.17) is 4.74 Å². The Hall–Kier alpha value is -1.29. The smallest absolute Gasteiger partial charge is 0.169 e. The molecule has 1 aromatic heterocycles. The van der Waals surface area contributed by atoms with Crippen LogP contribution in [0, 0.1) is 0 Å². The zero-order valence-electron chi connectivity index (χ0n) is 9.86. The van der Waals surface area contributed by atoms with Crippen LogP contribution in [-0.4, -0.2) is 30.7 Å². The Bertz CT molecular complexity index is 343. The molecule has 16 heavy (non-hydrogen) atoms. The molecule has 2 atom stereocenters. The van der Waals surface area contributed by atoms with Gasteiger partial charge in [0.1, 0.15) is 0 Å². The van der Waals surface area contributed by atoms with Gasteiger partial charge in [-0.25, -0.2) is 4.98 Å². The largest absolute Gasteiger partial charge is 0.493 e. The molecule has 4 nitrogen and oxygen atoms in total. The number of aromatic nitrogens is 1. The number of ether oxygens (including phenoxy) is 1. The zero-order valence-corrected chi connectivity index (χ0v) is 9.86. The molecular weight excluding hydrogens is 202 g/mol. The van der Waals surface area contributed by atoms with Crippen LogP contribution in [0.1, 0.15) is 19.8 Å². The lowest BCUT2D eigenvalue weighted by Crippen LogP contribution is -2.46. The van der Waals surface area contributed by atoms with E-state index in [-0.39, 0.29) is 0 Å². The average molecular weight is 221 g/mol. The van der Waals surface area contributed by atoms with Crippen molar-refractivity contribution in [2.24, 2.45) is 0 Å². The fraction of sp³-hybridized carbons (Fsp3) is 0.583. The van der Waals surface area contributed by atoms with Gasteiger partial charge in [-0.15, -0.1) is 0 Å². The lowest BCUT2D eigenvalue weighted by molar-refractivity contribution is 0.383. The van der Waals surface area contributed by atoms with Crippen molar-refractivity contribution in [2.45, 2.75) is 31.8 Å². The number of pyridine rings is 1. The quantitative estimate of drug-likeness (QED) is 0.814. The van der Waals surface area contributed by atoms with Gasteiger partial charge in [0.15, 0.2) is 11.6 Å². The summed E-state index contributed by atoms with van der Waals surface area (Å²) in [5.74, 6) is 1.64. The number of methoxy groups -OCH3 is 1. The summed E-state index contributed by atoms with van der Waals surface area (Å²) < 4.78 is 5.28. The lowest BCUT2D eigenvalue weighted by atomic mass is 10.00. The summed E-state index contributed by atoms with van der Waals surface area (Å²) in [5, 5.41) is 6.91. The first-order chi connectivity index (χ1) is 7.81. The molecule has 88 valence electrons.